The maximum atomic E-state index is 6.30. The molecule has 1 atom stereocenters. The fourth-order valence-electron chi connectivity index (χ4n) is 3.35. The molecule has 2 aliphatic heterocycles. The van der Waals surface area contributed by atoms with Gasteiger partial charge in [-0.25, -0.2) is 9.97 Å². The quantitative estimate of drug-likeness (QED) is 0.802. The molecule has 2 saturated heterocycles. The summed E-state index contributed by atoms with van der Waals surface area (Å²) in [5, 5.41) is 0.618. The van der Waals surface area contributed by atoms with E-state index in [1.54, 1.807) is 0 Å². The molecule has 0 aromatic carbocycles. The van der Waals surface area contributed by atoms with Crippen LogP contribution in [0.3, 0.4) is 0 Å². The summed E-state index contributed by atoms with van der Waals surface area (Å²) in [6.07, 6.45) is 4.60. The molecule has 2 aliphatic rings. The summed E-state index contributed by atoms with van der Waals surface area (Å²) in [5.41, 5.74) is 1.03. The Morgan fingerprint density at radius 2 is 2.10 bits per heavy atom. The topological polar surface area (TPSA) is 32.3 Å². The van der Waals surface area contributed by atoms with Gasteiger partial charge in [0.25, 0.3) is 0 Å². The standard InChI is InChI=1S/C15H23ClN4/c1-3-5-13-17-14(16)11(2)15(18-13)20-9-8-19-7-4-6-12(19)10-20/h12H,3-10H2,1-2H3. The molecule has 3 rings (SSSR count). The van der Waals surface area contributed by atoms with Crippen LogP contribution >= 0.6 is 11.6 Å². The number of hydrogen-bond donors (Lipinski definition) is 0. The van der Waals surface area contributed by atoms with E-state index in [-0.39, 0.29) is 0 Å². The predicted octanol–water partition coefficient (Wildman–Crippen LogP) is 2.68. The molecule has 110 valence electrons. The summed E-state index contributed by atoms with van der Waals surface area (Å²) in [6.45, 7) is 8.73. The molecule has 5 heteroatoms. The first kappa shape index (κ1) is 14.1. The van der Waals surface area contributed by atoms with Crippen molar-refractivity contribution in [3.8, 4) is 0 Å². The smallest absolute Gasteiger partial charge is 0.137 e. The number of piperazine rings is 1. The molecule has 1 unspecified atom stereocenters. The summed E-state index contributed by atoms with van der Waals surface area (Å²) in [4.78, 5) is 14.2. The van der Waals surface area contributed by atoms with Crippen LogP contribution in [0, 0.1) is 6.92 Å². The van der Waals surface area contributed by atoms with Gasteiger partial charge in [0.15, 0.2) is 0 Å². The molecular formula is C15H23ClN4. The van der Waals surface area contributed by atoms with Gasteiger partial charge in [-0.3, -0.25) is 4.90 Å². The molecule has 20 heavy (non-hydrogen) atoms. The number of hydrogen-bond acceptors (Lipinski definition) is 4. The SMILES string of the molecule is CCCc1nc(Cl)c(C)c(N2CCN3CCCC3C2)n1. The van der Waals surface area contributed by atoms with Crippen LogP contribution in [0.25, 0.3) is 0 Å². The second-order valence-electron chi connectivity index (χ2n) is 5.91. The zero-order valence-electron chi connectivity index (χ0n) is 12.4. The molecule has 0 saturated carbocycles. The van der Waals surface area contributed by atoms with Gasteiger partial charge in [-0.2, -0.15) is 0 Å². The van der Waals surface area contributed by atoms with E-state index in [0.29, 0.717) is 11.2 Å². The lowest BCUT2D eigenvalue weighted by Gasteiger charge is -2.38. The zero-order chi connectivity index (χ0) is 14.1. The number of rotatable bonds is 3. The summed E-state index contributed by atoms with van der Waals surface area (Å²) in [5.74, 6) is 1.94. The van der Waals surface area contributed by atoms with Crippen LogP contribution in [-0.4, -0.2) is 47.1 Å². The number of aryl methyl sites for hydroxylation is 1. The first-order valence-electron chi connectivity index (χ1n) is 7.71. The Balaban J connectivity index is 1.85. The number of aromatic nitrogens is 2. The number of nitrogens with zero attached hydrogens (tertiary/aromatic N) is 4. The Morgan fingerprint density at radius 3 is 2.90 bits per heavy atom. The van der Waals surface area contributed by atoms with E-state index in [0.717, 1.165) is 49.7 Å². The second kappa shape index (κ2) is 5.86. The average Bonchev–Trinajstić information content (AvgIpc) is 2.90. The summed E-state index contributed by atoms with van der Waals surface area (Å²) in [7, 11) is 0. The van der Waals surface area contributed by atoms with Crippen molar-refractivity contribution in [1.82, 2.24) is 14.9 Å². The zero-order valence-corrected chi connectivity index (χ0v) is 13.2. The summed E-state index contributed by atoms with van der Waals surface area (Å²) in [6, 6.07) is 0.700. The van der Waals surface area contributed by atoms with Gasteiger partial charge in [-0.15, -0.1) is 0 Å². The van der Waals surface area contributed by atoms with E-state index in [2.05, 4.69) is 21.7 Å². The van der Waals surface area contributed by atoms with Crippen molar-refractivity contribution >= 4 is 17.4 Å². The van der Waals surface area contributed by atoms with Crippen LogP contribution in [0.5, 0.6) is 0 Å². The molecule has 2 fully saturated rings. The minimum atomic E-state index is 0.618. The fourth-order valence-corrected chi connectivity index (χ4v) is 3.53. The monoisotopic (exact) mass is 294 g/mol. The molecule has 3 heterocycles. The van der Waals surface area contributed by atoms with E-state index >= 15 is 0 Å². The van der Waals surface area contributed by atoms with Crippen LogP contribution < -0.4 is 4.90 Å². The first-order chi connectivity index (χ1) is 9.69. The van der Waals surface area contributed by atoms with Gasteiger partial charge in [-0.1, -0.05) is 18.5 Å². The Bertz CT molecular complexity index is 491. The minimum absolute atomic E-state index is 0.618. The maximum Gasteiger partial charge on any atom is 0.137 e. The molecular weight excluding hydrogens is 272 g/mol. The van der Waals surface area contributed by atoms with E-state index in [1.165, 1.54) is 19.4 Å². The van der Waals surface area contributed by atoms with Crippen molar-refractivity contribution in [1.29, 1.82) is 0 Å². The van der Waals surface area contributed by atoms with E-state index in [4.69, 9.17) is 16.6 Å². The van der Waals surface area contributed by atoms with Gasteiger partial charge in [0.2, 0.25) is 0 Å². The van der Waals surface area contributed by atoms with Crippen molar-refractivity contribution < 1.29 is 0 Å². The van der Waals surface area contributed by atoms with Gasteiger partial charge in [0, 0.05) is 37.7 Å². The van der Waals surface area contributed by atoms with Crippen LogP contribution in [0.1, 0.15) is 37.6 Å². The molecule has 0 spiro atoms. The van der Waals surface area contributed by atoms with Gasteiger partial charge in [0.05, 0.1) is 0 Å². The molecule has 4 nitrogen and oxygen atoms in total. The third kappa shape index (κ3) is 2.63. The Morgan fingerprint density at radius 1 is 1.25 bits per heavy atom. The fraction of sp³-hybridized carbons (Fsp3) is 0.733. The molecule has 0 radical (unpaired) electrons. The molecule has 0 bridgehead atoms. The van der Waals surface area contributed by atoms with E-state index < -0.39 is 0 Å². The lowest BCUT2D eigenvalue weighted by Crippen LogP contribution is -2.50. The van der Waals surface area contributed by atoms with Crippen molar-refractivity contribution in [3.05, 3.63) is 16.5 Å². The van der Waals surface area contributed by atoms with Crippen LogP contribution in [0.15, 0.2) is 0 Å². The lowest BCUT2D eigenvalue weighted by atomic mass is 10.1. The molecule has 1 aromatic rings. The van der Waals surface area contributed by atoms with E-state index in [9.17, 15) is 0 Å². The molecule has 0 aliphatic carbocycles. The largest absolute Gasteiger partial charge is 0.353 e. The maximum absolute atomic E-state index is 6.30. The number of anilines is 1. The minimum Gasteiger partial charge on any atom is -0.353 e. The Kier molecular flexibility index (Phi) is 4.13. The van der Waals surface area contributed by atoms with Gasteiger partial charge in [0.1, 0.15) is 16.8 Å². The third-order valence-electron chi connectivity index (χ3n) is 4.47. The van der Waals surface area contributed by atoms with Crippen molar-refractivity contribution in [3.63, 3.8) is 0 Å². The highest BCUT2D eigenvalue weighted by Crippen LogP contribution is 2.28. The van der Waals surface area contributed by atoms with Crippen LogP contribution in [0.4, 0.5) is 5.82 Å². The van der Waals surface area contributed by atoms with Gasteiger partial charge >= 0.3 is 0 Å². The molecule has 0 N–H and O–H groups in total. The van der Waals surface area contributed by atoms with Crippen molar-refractivity contribution in [2.24, 2.45) is 0 Å². The normalized spacial score (nSPS) is 23.1. The van der Waals surface area contributed by atoms with Crippen LogP contribution in [0.2, 0.25) is 5.15 Å². The average molecular weight is 295 g/mol. The number of fused-ring (bicyclic) bond motifs is 1. The van der Waals surface area contributed by atoms with Crippen molar-refractivity contribution in [2.75, 3.05) is 31.1 Å². The highest BCUT2D eigenvalue weighted by atomic mass is 35.5. The Labute approximate surface area is 126 Å². The summed E-state index contributed by atoms with van der Waals surface area (Å²) >= 11 is 6.30. The number of halogens is 1. The third-order valence-corrected chi connectivity index (χ3v) is 4.84. The first-order valence-corrected chi connectivity index (χ1v) is 8.09. The highest BCUT2D eigenvalue weighted by molar-refractivity contribution is 6.30. The summed E-state index contributed by atoms with van der Waals surface area (Å²) < 4.78 is 0. The lowest BCUT2D eigenvalue weighted by molar-refractivity contribution is 0.230. The highest BCUT2D eigenvalue weighted by Gasteiger charge is 2.31. The van der Waals surface area contributed by atoms with Gasteiger partial charge in [-0.05, 0) is 32.7 Å². The molecule has 1 aromatic heterocycles. The van der Waals surface area contributed by atoms with Gasteiger partial charge < -0.3 is 4.90 Å². The predicted molar refractivity (Wildman–Crippen MR) is 82.6 cm³/mol. The second-order valence-corrected chi connectivity index (χ2v) is 6.27. The van der Waals surface area contributed by atoms with E-state index in [1.807, 2.05) is 6.92 Å². The van der Waals surface area contributed by atoms with Crippen molar-refractivity contribution in [2.45, 2.75) is 45.6 Å². The van der Waals surface area contributed by atoms with Crippen LogP contribution in [-0.2, 0) is 6.42 Å². The molecule has 0 amide bonds. The Hall–Kier alpha value is -0.870.